The van der Waals surface area contributed by atoms with E-state index >= 15 is 0 Å². The first kappa shape index (κ1) is 34.5. The molecule has 8 heteroatoms. The third-order valence-corrected chi connectivity index (χ3v) is 22.7. The Morgan fingerprint density at radius 1 is 0.757 bits per heavy atom. The zero-order chi connectivity index (χ0) is 29.3. The molecule has 1 saturated carbocycles. The van der Waals surface area contributed by atoms with Gasteiger partial charge in [0.05, 0.1) is 25.9 Å². The maximum Gasteiger partial charge on any atom is 0.330 e. The molecule has 0 saturated heterocycles. The maximum atomic E-state index is 12.2. The van der Waals surface area contributed by atoms with E-state index in [1.54, 1.807) is 6.08 Å². The number of rotatable bonds is 8. The Morgan fingerprint density at radius 2 is 1.14 bits per heavy atom. The first-order valence-electron chi connectivity index (χ1n) is 13.8. The van der Waals surface area contributed by atoms with Gasteiger partial charge in [-0.05, 0) is 72.8 Å². The van der Waals surface area contributed by atoms with Crippen LogP contribution in [0.2, 0.25) is 54.4 Å². The van der Waals surface area contributed by atoms with Crippen LogP contribution in [-0.4, -0.2) is 56.8 Å². The molecule has 0 aliphatic heterocycles. The second-order valence-electron chi connectivity index (χ2n) is 15.2. The van der Waals surface area contributed by atoms with Gasteiger partial charge in [-0.1, -0.05) is 74.0 Å². The van der Waals surface area contributed by atoms with Crippen LogP contribution in [0.1, 0.15) is 75.2 Å². The zero-order valence-corrected chi connectivity index (χ0v) is 30.0. The van der Waals surface area contributed by atoms with Gasteiger partial charge < -0.3 is 18.0 Å². The van der Waals surface area contributed by atoms with Crippen LogP contribution in [0.25, 0.3) is 0 Å². The molecule has 0 N–H and O–H groups in total. The summed E-state index contributed by atoms with van der Waals surface area (Å²) in [6.45, 7) is 34.7. The topological polar surface area (TPSA) is 54.0 Å². The first-order valence-corrected chi connectivity index (χ1v) is 22.5. The van der Waals surface area contributed by atoms with E-state index in [4.69, 9.17) is 18.0 Å². The van der Waals surface area contributed by atoms with Crippen LogP contribution >= 0.6 is 0 Å². The van der Waals surface area contributed by atoms with Gasteiger partial charge in [-0.3, -0.25) is 0 Å². The second kappa shape index (κ2) is 11.9. The Kier molecular flexibility index (Phi) is 11.1. The predicted octanol–water partition coefficient (Wildman–Crippen LogP) is 8.61. The van der Waals surface area contributed by atoms with Gasteiger partial charge in [0.1, 0.15) is 0 Å². The molecule has 1 aliphatic carbocycles. The Hall–Kier alpha value is -0.519. The third-order valence-electron chi connectivity index (χ3n) is 9.22. The minimum absolute atomic E-state index is 0.0647. The van der Waals surface area contributed by atoms with Crippen molar-refractivity contribution in [1.82, 2.24) is 0 Å². The molecular formula is C29H58O5Si3. The molecule has 5 nitrogen and oxygen atoms in total. The summed E-state index contributed by atoms with van der Waals surface area (Å²) in [5.41, 5.74) is 2.21. The first-order chi connectivity index (χ1) is 16.3. The van der Waals surface area contributed by atoms with Gasteiger partial charge in [-0.2, -0.15) is 0 Å². The molecule has 1 fully saturated rings. The van der Waals surface area contributed by atoms with E-state index in [9.17, 15) is 4.79 Å². The molecule has 2 atom stereocenters. The van der Waals surface area contributed by atoms with Gasteiger partial charge in [0.15, 0.2) is 25.0 Å². The average Bonchev–Trinajstić information content (AvgIpc) is 2.66. The minimum atomic E-state index is -2.10. The normalized spacial score (nSPS) is 23.0. The molecule has 0 aromatic heterocycles. The Balaban J connectivity index is 3.59. The molecule has 0 heterocycles. The van der Waals surface area contributed by atoms with E-state index < -0.39 is 25.0 Å². The highest BCUT2D eigenvalue weighted by Crippen LogP contribution is 2.45. The Bertz CT molecular complexity index is 810. The molecule has 0 radical (unpaired) electrons. The molecular weight excluding hydrogens is 513 g/mol. The summed E-state index contributed by atoms with van der Waals surface area (Å²) in [5, 5.41) is 0.271. The van der Waals surface area contributed by atoms with Crippen molar-refractivity contribution in [2.75, 3.05) is 13.7 Å². The van der Waals surface area contributed by atoms with Gasteiger partial charge in [0, 0.05) is 6.08 Å². The van der Waals surface area contributed by atoms with Crippen LogP contribution in [0.4, 0.5) is 0 Å². The van der Waals surface area contributed by atoms with Gasteiger partial charge in [-0.25, -0.2) is 4.79 Å². The standard InChI is InChI=1S/C29H58O5Si3/c1-27(2,3)35(11,12)32-18-17-23-24(33-36(13,14)28(4,5)6)19-22(21-26(30)31-10)20-25(23)34-37(15,16)29(7,8)9/h17,21,24-25H,18-20H2,1-16H3/t24-,25?/m1/s1. The summed E-state index contributed by atoms with van der Waals surface area (Å²) < 4.78 is 25.7. The fraction of sp³-hybridized carbons (Fsp3) is 0.828. The summed E-state index contributed by atoms with van der Waals surface area (Å²) in [6, 6.07) is 0. The van der Waals surface area contributed by atoms with E-state index in [0.29, 0.717) is 19.4 Å². The molecule has 216 valence electrons. The monoisotopic (exact) mass is 570 g/mol. The molecule has 37 heavy (non-hydrogen) atoms. The third kappa shape index (κ3) is 9.28. The predicted molar refractivity (Wildman–Crippen MR) is 165 cm³/mol. The average molecular weight is 571 g/mol. The Morgan fingerprint density at radius 3 is 1.46 bits per heavy atom. The number of methoxy groups -OCH3 is 1. The van der Waals surface area contributed by atoms with Crippen LogP contribution in [0.3, 0.4) is 0 Å². The number of hydrogen-bond acceptors (Lipinski definition) is 5. The minimum Gasteiger partial charge on any atom is -0.466 e. The molecule has 0 spiro atoms. The molecule has 0 aromatic carbocycles. The summed E-state index contributed by atoms with van der Waals surface area (Å²) in [6.07, 6.45) is 4.93. The molecule has 1 unspecified atom stereocenters. The lowest BCUT2D eigenvalue weighted by molar-refractivity contribution is -0.134. The van der Waals surface area contributed by atoms with Gasteiger partial charge in [0.25, 0.3) is 0 Å². The molecule has 0 aromatic rings. The quantitative estimate of drug-likeness (QED) is 0.127. The van der Waals surface area contributed by atoms with Crippen LogP contribution in [0.15, 0.2) is 23.3 Å². The highest BCUT2D eigenvalue weighted by Gasteiger charge is 2.46. The number of carbonyl (C=O) groups is 1. The maximum absolute atomic E-state index is 12.2. The largest absolute Gasteiger partial charge is 0.466 e. The lowest BCUT2D eigenvalue weighted by Gasteiger charge is -2.46. The highest BCUT2D eigenvalue weighted by molar-refractivity contribution is 6.75. The molecule has 0 bridgehead atoms. The number of esters is 1. The van der Waals surface area contributed by atoms with E-state index in [1.165, 1.54) is 12.7 Å². The fourth-order valence-corrected chi connectivity index (χ4v) is 6.96. The second-order valence-corrected chi connectivity index (χ2v) is 29.6. The summed E-state index contributed by atoms with van der Waals surface area (Å²) >= 11 is 0. The van der Waals surface area contributed by atoms with E-state index in [-0.39, 0.29) is 33.3 Å². The van der Waals surface area contributed by atoms with Crippen molar-refractivity contribution in [2.45, 2.75) is 142 Å². The van der Waals surface area contributed by atoms with Crippen LogP contribution in [-0.2, 0) is 22.8 Å². The molecule has 0 amide bonds. The van der Waals surface area contributed by atoms with Crippen molar-refractivity contribution < 1.29 is 22.8 Å². The smallest absolute Gasteiger partial charge is 0.330 e. The van der Waals surface area contributed by atoms with Gasteiger partial charge >= 0.3 is 5.97 Å². The van der Waals surface area contributed by atoms with Crippen LogP contribution in [0, 0.1) is 0 Å². The summed E-state index contributed by atoms with van der Waals surface area (Å²) in [4.78, 5) is 12.2. The van der Waals surface area contributed by atoms with Crippen molar-refractivity contribution in [3.05, 3.63) is 23.3 Å². The van der Waals surface area contributed by atoms with Crippen molar-refractivity contribution in [3.8, 4) is 0 Å². The zero-order valence-electron chi connectivity index (χ0n) is 27.0. The summed E-state index contributed by atoms with van der Waals surface area (Å²) in [7, 11) is -4.69. The number of carbonyl (C=O) groups excluding carboxylic acids is 1. The number of ether oxygens (including phenoxy) is 1. The fourth-order valence-electron chi connectivity index (χ4n) is 3.46. The lowest BCUT2D eigenvalue weighted by Crippen LogP contribution is -2.50. The SMILES string of the molecule is COC(=O)C=C1CC(O[Si](C)(C)C(C)(C)C)C(=CCO[Si](C)(C)C(C)(C)C)[C@H](O[Si](C)(C)C(C)(C)C)C1. The van der Waals surface area contributed by atoms with E-state index in [1.807, 2.05) is 0 Å². The van der Waals surface area contributed by atoms with Crippen molar-refractivity contribution in [1.29, 1.82) is 0 Å². The van der Waals surface area contributed by atoms with Crippen molar-refractivity contribution in [2.24, 2.45) is 0 Å². The highest BCUT2D eigenvalue weighted by atomic mass is 28.4. The van der Waals surface area contributed by atoms with Crippen LogP contribution in [0.5, 0.6) is 0 Å². The van der Waals surface area contributed by atoms with Gasteiger partial charge in [-0.15, -0.1) is 0 Å². The van der Waals surface area contributed by atoms with E-state index in [2.05, 4.69) is 108 Å². The Labute approximate surface area is 232 Å². The molecule has 1 rings (SSSR count). The molecule has 1 aliphatic rings. The summed E-state index contributed by atoms with van der Waals surface area (Å²) in [5.74, 6) is -0.319. The van der Waals surface area contributed by atoms with Crippen molar-refractivity contribution >= 4 is 30.9 Å². The van der Waals surface area contributed by atoms with Crippen molar-refractivity contribution in [3.63, 3.8) is 0 Å². The van der Waals surface area contributed by atoms with Crippen LogP contribution < -0.4 is 0 Å². The van der Waals surface area contributed by atoms with E-state index in [0.717, 1.165) is 5.57 Å². The lowest BCUT2D eigenvalue weighted by atomic mass is 9.85. The number of hydrogen-bond donors (Lipinski definition) is 0. The van der Waals surface area contributed by atoms with Gasteiger partial charge in [0.2, 0.25) is 0 Å².